The van der Waals surface area contributed by atoms with E-state index in [1.54, 1.807) is 17.0 Å². The van der Waals surface area contributed by atoms with Gasteiger partial charge in [0.1, 0.15) is 0 Å². The van der Waals surface area contributed by atoms with Crippen molar-refractivity contribution in [1.29, 1.82) is 0 Å². The van der Waals surface area contributed by atoms with E-state index in [2.05, 4.69) is 14.8 Å². The molecule has 2 amide bonds. The maximum absolute atomic E-state index is 12.1. The van der Waals surface area contributed by atoms with Gasteiger partial charge in [-0.2, -0.15) is 0 Å². The van der Waals surface area contributed by atoms with Crippen LogP contribution in [0.1, 0.15) is 67.2 Å². The van der Waals surface area contributed by atoms with Crippen LogP contribution in [0.2, 0.25) is 0 Å². The number of sulfonamides is 2. The fourth-order valence-corrected chi connectivity index (χ4v) is 5.51. The second-order valence-corrected chi connectivity index (χ2v) is 12.7. The van der Waals surface area contributed by atoms with Crippen LogP contribution in [0.15, 0.2) is 58.3 Å². The van der Waals surface area contributed by atoms with Crippen LogP contribution in [-0.2, 0) is 29.6 Å². The fourth-order valence-electron chi connectivity index (χ4n) is 4.05. The first kappa shape index (κ1) is 40.2. The minimum absolute atomic E-state index is 0.0364. The van der Waals surface area contributed by atoms with Crippen molar-refractivity contribution in [2.45, 2.75) is 77.0 Å². The number of rotatable bonds is 11. The molecule has 2 atom stereocenters. The summed E-state index contributed by atoms with van der Waals surface area (Å²) in [4.78, 5) is 26.1. The van der Waals surface area contributed by atoms with Crippen LogP contribution in [0, 0.1) is 11.8 Å². The zero-order chi connectivity index (χ0) is 33.2. The Bertz CT molecular complexity index is 1320. The Morgan fingerprint density at radius 1 is 0.884 bits per heavy atom. The summed E-state index contributed by atoms with van der Waals surface area (Å²) in [6, 6.07) is 12.3. The van der Waals surface area contributed by atoms with Gasteiger partial charge in [-0.25, -0.2) is 26.3 Å². The van der Waals surface area contributed by atoms with E-state index in [1.807, 2.05) is 41.5 Å². The largest absolute Gasteiger partial charge is 0.396 e. The minimum Gasteiger partial charge on any atom is -0.396 e. The fraction of sp³-hybridized carbons (Fsp3) is 0.533. The smallest absolute Gasteiger partial charge is 0.240 e. The van der Waals surface area contributed by atoms with Gasteiger partial charge < -0.3 is 15.3 Å². The van der Waals surface area contributed by atoms with E-state index in [9.17, 15) is 26.4 Å². The summed E-state index contributed by atoms with van der Waals surface area (Å²) in [6.07, 6.45) is 2.76. The molecular formula is C30H50N4O7S2. The number of carbonyl (C=O) groups excluding carboxylic acids is 2. The van der Waals surface area contributed by atoms with Crippen LogP contribution in [0.4, 0.5) is 11.4 Å². The van der Waals surface area contributed by atoms with Crippen LogP contribution in [-0.4, -0.2) is 61.0 Å². The first-order valence-corrected chi connectivity index (χ1v) is 17.7. The summed E-state index contributed by atoms with van der Waals surface area (Å²) < 4.78 is 50.8. The Morgan fingerprint density at radius 3 is 1.72 bits per heavy atom. The molecular weight excluding hydrogens is 592 g/mol. The molecule has 1 aliphatic heterocycles. The predicted octanol–water partition coefficient (Wildman–Crippen LogP) is 4.35. The maximum atomic E-state index is 12.1. The molecule has 13 heteroatoms. The number of nitrogens with zero attached hydrogens (tertiary/aromatic N) is 1. The van der Waals surface area contributed by atoms with E-state index in [1.165, 1.54) is 50.5 Å². The predicted molar refractivity (Wildman–Crippen MR) is 173 cm³/mol. The van der Waals surface area contributed by atoms with Gasteiger partial charge in [0.25, 0.3) is 0 Å². The van der Waals surface area contributed by atoms with Crippen molar-refractivity contribution in [2.75, 3.05) is 37.5 Å². The zero-order valence-electron chi connectivity index (χ0n) is 26.7. The molecule has 0 bridgehead atoms. The monoisotopic (exact) mass is 642 g/mol. The van der Waals surface area contributed by atoms with E-state index >= 15 is 0 Å². The van der Waals surface area contributed by atoms with Gasteiger partial charge in [0.2, 0.25) is 31.9 Å². The molecule has 0 spiro atoms. The van der Waals surface area contributed by atoms with Gasteiger partial charge in [-0.15, -0.1) is 0 Å². The average Bonchev–Trinajstić information content (AvgIpc) is 3.42. The Hall–Kier alpha value is -2.84. The lowest BCUT2D eigenvalue weighted by molar-refractivity contribution is -0.121. The van der Waals surface area contributed by atoms with Crippen LogP contribution in [0.5, 0.6) is 0 Å². The normalized spacial score (nSPS) is 15.1. The lowest BCUT2D eigenvalue weighted by Crippen LogP contribution is -2.26. The Kier molecular flexibility index (Phi) is 18.8. The second kappa shape index (κ2) is 20.2. The highest BCUT2D eigenvalue weighted by molar-refractivity contribution is 7.89. The molecule has 1 fully saturated rings. The molecule has 4 N–H and O–H groups in total. The number of carbonyl (C=O) groups is 2. The number of hydrogen-bond acceptors (Lipinski definition) is 7. The molecule has 1 saturated heterocycles. The van der Waals surface area contributed by atoms with Crippen molar-refractivity contribution in [1.82, 2.24) is 9.44 Å². The zero-order valence-corrected chi connectivity index (χ0v) is 28.3. The third-order valence-electron chi connectivity index (χ3n) is 6.58. The average molecular weight is 643 g/mol. The van der Waals surface area contributed by atoms with Gasteiger partial charge in [-0.1, -0.05) is 41.5 Å². The summed E-state index contributed by atoms with van der Waals surface area (Å²) in [5, 5.41) is 11.6. The SMILES string of the molecule is CC.CC.CCC(CCO)C(=O)Nc1ccc(S(=O)(=O)NC)cc1.CCC1CCN(c2ccc(S(=O)(=O)NC)cc2)C1=O. The van der Waals surface area contributed by atoms with Gasteiger partial charge in [0.15, 0.2) is 0 Å². The van der Waals surface area contributed by atoms with Crippen LogP contribution >= 0.6 is 0 Å². The molecule has 43 heavy (non-hydrogen) atoms. The second-order valence-electron chi connectivity index (χ2n) is 8.92. The van der Waals surface area contributed by atoms with Gasteiger partial charge >= 0.3 is 0 Å². The number of aliphatic hydroxyl groups excluding tert-OH is 1. The molecule has 244 valence electrons. The summed E-state index contributed by atoms with van der Waals surface area (Å²) in [5.41, 5.74) is 1.29. The van der Waals surface area contributed by atoms with Gasteiger partial charge in [-0.05, 0) is 88.3 Å². The van der Waals surface area contributed by atoms with Crippen molar-refractivity contribution in [3.63, 3.8) is 0 Å². The number of anilines is 2. The summed E-state index contributed by atoms with van der Waals surface area (Å²) in [5.74, 6) is -0.195. The highest BCUT2D eigenvalue weighted by Gasteiger charge is 2.31. The molecule has 1 aliphatic rings. The molecule has 2 aromatic carbocycles. The third kappa shape index (κ3) is 12.0. The molecule has 0 radical (unpaired) electrons. The van der Waals surface area contributed by atoms with E-state index in [0.29, 0.717) is 25.1 Å². The minimum atomic E-state index is -3.47. The molecule has 2 unspecified atom stereocenters. The van der Waals surface area contributed by atoms with Crippen LogP contribution in [0.25, 0.3) is 0 Å². The highest BCUT2D eigenvalue weighted by atomic mass is 32.2. The van der Waals surface area contributed by atoms with Crippen LogP contribution in [0.3, 0.4) is 0 Å². The van der Waals surface area contributed by atoms with E-state index in [0.717, 1.165) is 18.5 Å². The van der Waals surface area contributed by atoms with Crippen molar-refractivity contribution >= 4 is 43.2 Å². The number of benzene rings is 2. The van der Waals surface area contributed by atoms with Crippen molar-refractivity contribution < 1.29 is 31.5 Å². The lowest BCUT2D eigenvalue weighted by Gasteiger charge is -2.17. The molecule has 0 aromatic heterocycles. The van der Waals surface area contributed by atoms with Crippen LogP contribution < -0.4 is 19.7 Å². The molecule has 1 heterocycles. The lowest BCUT2D eigenvalue weighted by atomic mass is 10.0. The van der Waals surface area contributed by atoms with E-state index < -0.39 is 20.0 Å². The number of aliphatic hydroxyl groups is 1. The maximum Gasteiger partial charge on any atom is 0.240 e. The van der Waals surface area contributed by atoms with E-state index in [4.69, 9.17) is 5.11 Å². The third-order valence-corrected chi connectivity index (χ3v) is 9.44. The van der Waals surface area contributed by atoms with E-state index in [-0.39, 0.29) is 40.0 Å². The first-order chi connectivity index (χ1) is 20.4. The number of nitrogens with one attached hydrogen (secondary N) is 3. The van der Waals surface area contributed by atoms with Gasteiger partial charge in [0.05, 0.1) is 9.79 Å². The first-order valence-electron chi connectivity index (χ1n) is 14.7. The highest BCUT2D eigenvalue weighted by Crippen LogP contribution is 2.27. The van der Waals surface area contributed by atoms with Gasteiger partial charge in [0, 0.05) is 36.4 Å². The molecule has 11 nitrogen and oxygen atoms in total. The van der Waals surface area contributed by atoms with Gasteiger partial charge in [-0.3, -0.25) is 9.59 Å². The van der Waals surface area contributed by atoms with Crippen molar-refractivity contribution in [3.05, 3.63) is 48.5 Å². The Morgan fingerprint density at radius 2 is 1.35 bits per heavy atom. The number of hydrogen-bond donors (Lipinski definition) is 4. The molecule has 2 aromatic rings. The Labute approximate surface area is 258 Å². The molecule has 0 saturated carbocycles. The number of amides is 2. The topological polar surface area (TPSA) is 162 Å². The van der Waals surface area contributed by atoms with Crippen molar-refractivity contribution in [3.8, 4) is 0 Å². The summed E-state index contributed by atoms with van der Waals surface area (Å²) in [7, 11) is -4.18. The summed E-state index contributed by atoms with van der Waals surface area (Å²) >= 11 is 0. The Balaban J connectivity index is 0.000000736. The standard InChI is InChI=1S/C13H20N2O4S.C13H18N2O3S.2C2H6/c1-3-10(8-9-16)13(17)15-11-4-6-12(7-5-11)20(18,19)14-2;1-3-10-8-9-15(13(10)16)11-4-6-12(7-5-11)19(17,18)14-2;2*1-2/h4-7,10,14,16H,3,8-9H2,1-2H3,(H,15,17);4-7,10,14H,3,8-9H2,1-2H3;2*1-2H3. The molecule has 3 rings (SSSR count). The quantitative estimate of drug-likeness (QED) is 0.283. The summed E-state index contributed by atoms with van der Waals surface area (Å²) in [6.45, 7) is 12.6. The molecule has 0 aliphatic carbocycles. The van der Waals surface area contributed by atoms with Crippen molar-refractivity contribution in [2.24, 2.45) is 11.8 Å².